The van der Waals surface area contributed by atoms with Gasteiger partial charge in [0.15, 0.2) is 0 Å². The van der Waals surface area contributed by atoms with Gasteiger partial charge < -0.3 is 10.2 Å². The van der Waals surface area contributed by atoms with E-state index in [-0.39, 0.29) is 0 Å². The lowest BCUT2D eigenvalue weighted by atomic mass is 10.2. The summed E-state index contributed by atoms with van der Waals surface area (Å²) in [6.45, 7) is 14.8. The molecule has 0 saturated carbocycles. The Morgan fingerprint density at radius 3 is 2.32 bits per heavy atom. The van der Waals surface area contributed by atoms with Gasteiger partial charge in [-0.1, -0.05) is 27.7 Å². The fourth-order valence-electron chi connectivity index (χ4n) is 1.92. The molecule has 0 aliphatic rings. The lowest BCUT2D eigenvalue weighted by Crippen LogP contribution is -2.28. The second-order valence-corrected chi connectivity index (χ2v) is 5.82. The molecular weight excluding hydrogens is 236 g/mol. The third-order valence-electron chi connectivity index (χ3n) is 2.84. The van der Waals surface area contributed by atoms with Crippen LogP contribution in [-0.4, -0.2) is 29.6 Å². The highest BCUT2D eigenvalue weighted by molar-refractivity contribution is 5.35. The molecule has 19 heavy (non-hydrogen) atoms. The van der Waals surface area contributed by atoms with Gasteiger partial charge in [0, 0.05) is 19.6 Å². The first-order valence-corrected chi connectivity index (χ1v) is 7.29. The van der Waals surface area contributed by atoms with Crippen LogP contribution in [0.25, 0.3) is 0 Å². The number of anilines is 1. The van der Waals surface area contributed by atoms with E-state index < -0.39 is 0 Å². The van der Waals surface area contributed by atoms with Crippen molar-refractivity contribution in [2.45, 2.75) is 41.2 Å². The Bertz CT molecular complexity index is 346. The van der Waals surface area contributed by atoms with E-state index in [9.17, 15) is 0 Å². The number of nitrogens with one attached hydrogen (secondary N) is 1. The smallest absolute Gasteiger partial charge is 0.147 e. The summed E-state index contributed by atoms with van der Waals surface area (Å²) in [4.78, 5) is 11.3. The highest BCUT2D eigenvalue weighted by atomic mass is 15.2. The van der Waals surface area contributed by atoms with Crippen molar-refractivity contribution in [3.8, 4) is 0 Å². The second kappa shape index (κ2) is 8.10. The minimum atomic E-state index is 0.633. The molecule has 0 aromatic carbocycles. The van der Waals surface area contributed by atoms with Crippen molar-refractivity contribution < 1.29 is 0 Å². The summed E-state index contributed by atoms with van der Waals surface area (Å²) in [5, 5.41) is 3.38. The number of hydrogen-bond acceptors (Lipinski definition) is 4. The SMILES string of the molecule is CCN(CC(C)C)c1cnc(CNCC(C)C)cn1. The van der Waals surface area contributed by atoms with E-state index in [0.717, 1.165) is 37.7 Å². The van der Waals surface area contributed by atoms with Crippen molar-refractivity contribution in [3.63, 3.8) is 0 Å². The maximum Gasteiger partial charge on any atom is 0.147 e. The maximum atomic E-state index is 4.52. The van der Waals surface area contributed by atoms with Gasteiger partial charge in [-0.3, -0.25) is 4.98 Å². The predicted molar refractivity (Wildman–Crippen MR) is 81.3 cm³/mol. The Balaban J connectivity index is 2.54. The molecule has 1 heterocycles. The normalized spacial score (nSPS) is 11.3. The van der Waals surface area contributed by atoms with Crippen molar-refractivity contribution >= 4 is 5.82 Å². The third-order valence-corrected chi connectivity index (χ3v) is 2.84. The number of nitrogens with zero attached hydrogens (tertiary/aromatic N) is 3. The van der Waals surface area contributed by atoms with E-state index >= 15 is 0 Å². The Kier molecular flexibility index (Phi) is 6.78. The summed E-state index contributed by atoms with van der Waals surface area (Å²) in [6.07, 6.45) is 3.77. The summed E-state index contributed by atoms with van der Waals surface area (Å²) < 4.78 is 0. The molecule has 0 fully saturated rings. The van der Waals surface area contributed by atoms with Crippen LogP contribution in [0.2, 0.25) is 0 Å². The minimum absolute atomic E-state index is 0.633. The fraction of sp³-hybridized carbons (Fsp3) is 0.733. The lowest BCUT2D eigenvalue weighted by molar-refractivity contribution is 0.547. The molecule has 0 bridgehead atoms. The predicted octanol–water partition coefficient (Wildman–Crippen LogP) is 2.70. The van der Waals surface area contributed by atoms with Gasteiger partial charge in [-0.2, -0.15) is 0 Å². The number of rotatable bonds is 8. The molecule has 0 saturated heterocycles. The number of aromatic nitrogens is 2. The van der Waals surface area contributed by atoms with Crippen LogP contribution in [0, 0.1) is 11.8 Å². The van der Waals surface area contributed by atoms with E-state index in [1.54, 1.807) is 0 Å². The van der Waals surface area contributed by atoms with E-state index in [2.05, 4.69) is 54.8 Å². The van der Waals surface area contributed by atoms with Gasteiger partial charge in [0.2, 0.25) is 0 Å². The van der Waals surface area contributed by atoms with Gasteiger partial charge in [0.1, 0.15) is 5.82 Å². The molecule has 0 aliphatic carbocycles. The van der Waals surface area contributed by atoms with Gasteiger partial charge in [-0.05, 0) is 25.3 Å². The maximum absolute atomic E-state index is 4.52. The summed E-state index contributed by atoms with van der Waals surface area (Å²) in [5.74, 6) is 2.27. The van der Waals surface area contributed by atoms with Gasteiger partial charge in [0.05, 0.1) is 18.1 Å². The Hall–Kier alpha value is -1.16. The van der Waals surface area contributed by atoms with Crippen LogP contribution in [0.15, 0.2) is 12.4 Å². The third kappa shape index (κ3) is 6.01. The topological polar surface area (TPSA) is 41.1 Å². The molecule has 0 radical (unpaired) electrons. The van der Waals surface area contributed by atoms with Crippen molar-refractivity contribution in [1.29, 1.82) is 0 Å². The largest absolute Gasteiger partial charge is 0.355 e. The fourth-order valence-corrected chi connectivity index (χ4v) is 1.92. The van der Waals surface area contributed by atoms with Crippen LogP contribution < -0.4 is 10.2 Å². The summed E-state index contributed by atoms with van der Waals surface area (Å²) in [5.41, 5.74) is 1.00. The summed E-state index contributed by atoms with van der Waals surface area (Å²) >= 11 is 0. The van der Waals surface area contributed by atoms with E-state index in [0.29, 0.717) is 11.8 Å². The van der Waals surface area contributed by atoms with E-state index in [4.69, 9.17) is 0 Å². The van der Waals surface area contributed by atoms with Gasteiger partial charge in [-0.15, -0.1) is 0 Å². The van der Waals surface area contributed by atoms with Crippen LogP contribution in [0.4, 0.5) is 5.82 Å². The highest BCUT2D eigenvalue weighted by Crippen LogP contribution is 2.11. The van der Waals surface area contributed by atoms with Crippen molar-refractivity contribution in [1.82, 2.24) is 15.3 Å². The van der Waals surface area contributed by atoms with Crippen molar-refractivity contribution in [2.24, 2.45) is 11.8 Å². The molecular formula is C15H28N4. The molecule has 0 aliphatic heterocycles. The minimum Gasteiger partial charge on any atom is -0.355 e. The van der Waals surface area contributed by atoms with Crippen LogP contribution in [0.3, 0.4) is 0 Å². The van der Waals surface area contributed by atoms with Crippen molar-refractivity contribution in [3.05, 3.63) is 18.1 Å². The van der Waals surface area contributed by atoms with Crippen molar-refractivity contribution in [2.75, 3.05) is 24.5 Å². The van der Waals surface area contributed by atoms with E-state index in [1.165, 1.54) is 0 Å². The zero-order valence-electron chi connectivity index (χ0n) is 13.0. The van der Waals surface area contributed by atoms with Crippen LogP contribution >= 0.6 is 0 Å². The zero-order chi connectivity index (χ0) is 14.3. The highest BCUT2D eigenvalue weighted by Gasteiger charge is 2.08. The summed E-state index contributed by atoms with van der Waals surface area (Å²) in [7, 11) is 0. The first-order valence-electron chi connectivity index (χ1n) is 7.29. The molecule has 4 nitrogen and oxygen atoms in total. The Morgan fingerprint density at radius 2 is 1.84 bits per heavy atom. The first kappa shape index (κ1) is 15.9. The first-order chi connectivity index (χ1) is 9.02. The monoisotopic (exact) mass is 264 g/mol. The lowest BCUT2D eigenvalue weighted by Gasteiger charge is -2.23. The van der Waals surface area contributed by atoms with Crippen LogP contribution in [0.5, 0.6) is 0 Å². The molecule has 0 amide bonds. The molecule has 1 N–H and O–H groups in total. The van der Waals surface area contributed by atoms with E-state index in [1.807, 2.05) is 12.4 Å². The summed E-state index contributed by atoms with van der Waals surface area (Å²) in [6, 6.07) is 0. The average molecular weight is 264 g/mol. The zero-order valence-corrected chi connectivity index (χ0v) is 13.0. The van der Waals surface area contributed by atoms with Gasteiger partial charge >= 0.3 is 0 Å². The standard InChI is InChI=1S/C15H28N4/c1-6-19(11-13(4)5)15-10-17-14(9-18-15)8-16-7-12(2)3/h9-10,12-13,16H,6-8,11H2,1-5H3. The molecule has 0 atom stereocenters. The van der Waals surface area contributed by atoms with Gasteiger partial charge in [0.25, 0.3) is 0 Å². The molecule has 1 aromatic heterocycles. The molecule has 1 aromatic rings. The Labute approximate surface area is 117 Å². The average Bonchev–Trinajstić information content (AvgIpc) is 2.36. The molecule has 0 unspecified atom stereocenters. The molecule has 4 heteroatoms. The second-order valence-electron chi connectivity index (χ2n) is 5.82. The molecule has 108 valence electrons. The number of hydrogen-bond donors (Lipinski definition) is 1. The molecule has 0 spiro atoms. The van der Waals surface area contributed by atoms with Crippen LogP contribution in [0.1, 0.15) is 40.3 Å². The van der Waals surface area contributed by atoms with Crippen LogP contribution in [-0.2, 0) is 6.54 Å². The Morgan fingerprint density at radius 1 is 1.11 bits per heavy atom. The molecule has 1 rings (SSSR count). The quantitative estimate of drug-likeness (QED) is 0.784. The van der Waals surface area contributed by atoms with Gasteiger partial charge in [-0.25, -0.2) is 4.98 Å².